The number of nitrogens with one attached hydrogen (secondary N) is 1. The molecule has 0 aliphatic carbocycles. The monoisotopic (exact) mass is 351 g/mol. The van der Waals surface area contributed by atoms with E-state index in [0.29, 0.717) is 17.1 Å². The fourth-order valence-electron chi connectivity index (χ4n) is 2.57. The molecule has 7 heteroatoms. The molecule has 1 N–H and O–H groups in total. The van der Waals surface area contributed by atoms with Gasteiger partial charge in [0.1, 0.15) is 5.75 Å². The molecule has 26 heavy (non-hydrogen) atoms. The predicted molar refractivity (Wildman–Crippen MR) is 96.8 cm³/mol. The second-order valence-electron chi connectivity index (χ2n) is 5.76. The number of anilines is 1. The Kier molecular flexibility index (Phi) is 4.79. The van der Waals surface area contributed by atoms with Crippen LogP contribution >= 0.6 is 0 Å². The van der Waals surface area contributed by atoms with Crippen molar-refractivity contribution in [2.75, 3.05) is 12.0 Å². The largest absolute Gasteiger partial charge is 0.497 e. The SMILES string of the molecule is COc1ccc(N2C(=O)NC(=O)[C@H](C=Nc3cccc(C)c3)C2=O)cc1. The van der Waals surface area contributed by atoms with E-state index in [9.17, 15) is 14.4 Å². The first-order chi connectivity index (χ1) is 12.5. The van der Waals surface area contributed by atoms with Gasteiger partial charge in [0, 0.05) is 6.21 Å². The molecule has 0 radical (unpaired) electrons. The highest BCUT2D eigenvalue weighted by molar-refractivity contribution is 6.32. The van der Waals surface area contributed by atoms with Crippen molar-refractivity contribution in [2.45, 2.75) is 6.92 Å². The minimum absolute atomic E-state index is 0.342. The lowest BCUT2D eigenvalue weighted by atomic mass is 10.1. The topological polar surface area (TPSA) is 88.1 Å². The Balaban J connectivity index is 1.87. The van der Waals surface area contributed by atoms with Gasteiger partial charge in [-0.1, -0.05) is 12.1 Å². The zero-order valence-corrected chi connectivity index (χ0v) is 14.3. The molecule has 2 aromatic rings. The van der Waals surface area contributed by atoms with Crippen molar-refractivity contribution in [2.24, 2.45) is 10.9 Å². The first kappa shape index (κ1) is 17.3. The van der Waals surface area contributed by atoms with E-state index in [-0.39, 0.29) is 0 Å². The average molecular weight is 351 g/mol. The Morgan fingerprint density at radius 1 is 1.12 bits per heavy atom. The normalized spacial score (nSPS) is 17.5. The van der Waals surface area contributed by atoms with Crippen LogP contribution in [-0.4, -0.2) is 31.2 Å². The molecule has 1 saturated heterocycles. The van der Waals surface area contributed by atoms with Crippen molar-refractivity contribution in [3.63, 3.8) is 0 Å². The van der Waals surface area contributed by atoms with Crippen molar-refractivity contribution in [3.05, 3.63) is 54.1 Å². The minimum Gasteiger partial charge on any atom is -0.497 e. The lowest BCUT2D eigenvalue weighted by molar-refractivity contribution is -0.131. The van der Waals surface area contributed by atoms with Crippen LogP contribution in [0.3, 0.4) is 0 Å². The third-order valence-corrected chi connectivity index (χ3v) is 3.91. The maximum Gasteiger partial charge on any atom is 0.335 e. The van der Waals surface area contributed by atoms with Crippen molar-refractivity contribution in [1.29, 1.82) is 0 Å². The van der Waals surface area contributed by atoms with E-state index in [1.54, 1.807) is 30.3 Å². The molecule has 2 aromatic carbocycles. The highest BCUT2D eigenvalue weighted by atomic mass is 16.5. The summed E-state index contributed by atoms with van der Waals surface area (Å²) in [4.78, 5) is 42.1. The summed E-state index contributed by atoms with van der Waals surface area (Å²) >= 11 is 0. The van der Waals surface area contributed by atoms with Gasteiger partial charge < -0.3 is 4.74 Å². The van der Waals surface area contributed by atoms with Gasteiger partial charge in [0.25, 0.3) is 5.91 Å². The summed E-state index contributed by atoms with van der Waals surface area (Å²) in [5.74, 6) is -1.94. The Hall–Kier alpha value is -3.48. The number of amides is 4. The molecule has 0 spiro atoms. The van der Waals surface area contributed by atoms with Crippen LogP contribution < -0.4 is 15.0 Å². The number of nitrogens with zero attached hydrogens (tertiary/aromatic N) is 2. The number of barbiturate groups is 1. The molecule has 1 atom stereocenters. The first-order valence-corrected chi connectivity index (χ1v) is 7.93. The molecular weight excluding hydrogens is 334 g/mol. The summed E-state index contributed by atoms with van der Waals surface area (Å²) in [6.07, 6.45) is 1.26. The number of benzene rings is 2. The number of hydrogen-bond donors (Lipinski definition) is 1. The van der Waals surface area contributed by atoms with E-state index >= 15 is 0 Å². The first-order valence-electron chi connectivity index (χ1n) is 7.93. The van der Waals surface area contributed by atoms with Crippen molar-refractivity contribution < 1.29 is 19.1 Å². The number of carbonyl (C=O) groups excluding carboxylic acids is 3. The van der Waals surface area contributed by atoms with Crippen LogP contribution in [0.5, 0.6) is 5.75 Å². The fourth-order valence-corrected chi connectivity index (χ4v) is 2.57. The van der Waals surface area contributed by atoms with Gasteiger partial charge in [-0.2, -0.15) is 0 Å². The molecule has 0 saturated carbocycles. The molecule has 132 valence electrons. The molecule has 4 amide bonds. The number of urea groups is 1. The molecule has 0 aromatic heterocycles. The van der Waals surface area contributed by atoms with Gasteiger partial charge in [-0.25, -0.2) is 9.69 Å². The van der Waals surface area contributed by atoms with Crippen LogP contribution in [0.4, 0.5) is 16.2 Å². The number of methoxy groups -OCH3 is 1. The number of aryl methyl sites for hydroxylation is 1. The second kappa shape index (κ2) is 7.18. The van der Waals surface area contributed by atoms with Crippen molar-refractivity contribution in [3.8, 4) is 5.75 Å². The Bertz CT molecular complexity index is 890. The lowest BCUT2D eigenvalue weighted by Gasteiger charge is -2.28. The van der Waals surface area contributed by atoms with E-state index in [0.717, 1.165) is 10.5 Å². The second-order valence-corrected chi connectivity index (χ2v) is 5.76. The van der Waals surface area contributed by atoms with Gasteiger partial charge >= 0.3 is 6.03 Å². The third kappa shape index (κ3) is 3.46. The molecule has 1 aliphatic heterocycles. The number of imide groups is 2. The van der Waals surface area contributed by atoms with Crippen molar-refractivity contribution in [1.82, 2.24) is 5.32 Å². The molecule has 3 rings (SSSR count). The number of aliphatic imine (C=N–C) groups is 1. The van der Waals surface area contributed by atoms with Gasteiger partial charge in [0.15, 0.2) is 5.92 Å². The van der Waals surface area contributed by atoms with Crippen LogP contribution in [0.25, 0.3) is 0 Å². The smallest absolute Gasteiger partial charge is 0.335 e. The molecule has 0 bridgehead atoms. The molecule has 7 nitrogen and oxygen atoms in total. The Labute approximate surface area is 150 Å². The Morgan fingerprint density at radius 3 is 2.50 bits per heavy atom. The van der Waals surface area contributed by atoms with E-state index in [1.165, 1.54) is 13.3 Å². The molecule has 1 heterocycles. The van der Waals surface area contributed by atoms with Gasteiger partial charge in [-0.3, -0.25) is 19.9 Å². The Morgan fingerprint density at radius 2 is 1.85 bits per heavy atom. The number of ether oxygens (including phenoxy) is 1. The van der Waals surface area contributed by atoms with Gasteiger partial charge in [-0.05, 0) is 48.9 Å². The summed E-state index contributed by atoms with van der Waals surface area (Å²) in [6, 6.07) is 13.0. The summed E-state index contributed by atoms with van der Waals surface area (Å²) < 4.78 is 5.07. The summed E-state index contributed by atoms with van der Waals surface area (Å²) in [7, 11) is 1.52. The third-order valence-electron chi connectivity index (χ3n) is 3.91. The van der Waals surface area contributed by atoms with Gasteiger partial charge in [-0.15, -0.1) is 0 Å². The van der Waals surface area contributed by atoms with Crippen LogP contribution in [-0.2, 0) is 9.59 Å². The van der Waals surface area contributed by atoms with Crippen LogP contribution in [0, 0.1) is 12.8 Å². The fraction of sp³-hybridized carbons (Fsp3) is 0.158. The maximum absolute atomic E-state index is 12.7. The highest BCUT2D eigenvalue weighted by Gasteiger charge is 2.40. The molecule has 0 unspecified atom stereocenters. The maximum atomic E-state index is 12.7. The lowest BCUT2D eigenvalue weighted by Crippen LogP contribution is -2.58. The van der Waals surface area contributed by atoms with Gasteiger partial charge in [0.2, 0.25) is 5.91 Å². The summed E-state index contributed by atoms with van der Waals surface area (Å²) in [5.41, 5.74) is 1.97. The standard InChI is InChI=1S/C19H17N3O4/c1-12-4-3-5-13(10-12)20-11-16-17(23)21-19(25)22(18(16)24)14-6-8-15(26-2)9-7-14/h3-11,16H,1-2H3,(H,21,23,25)/t16-/m0/s1. The number of rotatable bonds is 4. The summed E-state index contributed by atoms with van der Waals surface area (Å²) in [6.45, 7) is 1.92. The van der Waals surface area contributed by atoms with E-state index in [4.69, 9.17) is 4.74 Å². The number of hydrogen-bond acceptors (Lipinski definition) is 5. The van der Waals surface area contributed by atoms with Crippen LogP contribution in [0.2, 0.25) is 0 Å². The zero-order chi connectivity index (χ0) is 18.7. The van der Waals surface area contributed by atoms with Crippen molar-refractivity contribution >= 4 is 35.4 Å². The van der Waals surface area contributed by atoms with Gasteiger partial charge in [0.05, 0.1) is 18.5 Å². The van der Waals surface area contributed by atoms with E-state index in [1.807, 2.05) is 25.1 Å². The number of carbonyl (C=O) groups is 3. The molecular formula is C19H17N3O4. The minimum atomic E-state index is -1.18. The molecule has 1 fully saturated rings. The van der Waals surface area contributed by atoms with E-state index in [2.05, 4.69) is 10.3 Å². The predicted octanol–water partition coefficient (Wildman–Crippen LogP) is 2.61. The average Bonchev–Trinajstić information content (AvgIpc) is 2.62. The zero-order valence-electron chi connectivity index (χ0n) is 14.3. The summed E-state index contributed by atoms with van der Waals surface area (Å²) in [5, 5.41) is 2.19. The van der Waals surface area contributed by atoms with E-state index < -0.39 is 23.8 Å². The molecule has 1 aliphatic rings. The van der Waals surface area contributed by atoms with Crippen LogP contribution in [0.15, 0.2) is 53.5 Å². The quantitative estimate of drug-likeness (QED) is 0.677. The highest BCUT2D eigenvalue weighted by Crippen LogP contribution is 2.23. The van der Waals surface area contributed by atoms with Crippen LogP contribution in [0.1, 0.15) is 5.56 Å².